The molecule has 0 saturated carbocycles. The predicted octanol–water partition coefficient (Wildman–Crippen LogP) is -0.483. The summed E-state index contributed by atoms with van der Waals surface area (Å²) in [5.74, 6) is 0. The number of rotatable bonds is 4. The fourth-order valence-corrected chi connectivity index (χ4v) is 1.49. The van der Waals surface area contributed by atoms with Gasteiger partial charge in [-0.25, -0.2) is 4.79 Å². The first-order chi connectivity index (χ1) is 7.63. The Labute approximate surface area is 93.2 Å². The van der Waals surface area contributed by atoms with E-state index in [9.17, 15) is 9.90 Å². The Kier molecular flexibility index (Phi) is 4.94. The molecule has 0 bridgehead atoms. The lowest BCUT2D eigenvalue weighted by Gasteiger charge is -2.16. The van der Waals surface area contributed by atoms with Gasteiger partial charge >= 0.3 is 6.16 Å². The molecule has 0 aromatic rings. The van der Waals surface area contributed by atoms with E-state index < -0.39 is 30.8 Å². The summed E-state index contributed by atoms with van der Waals surface area (Å²) in [7, 11) is 4.07. The van der Waals surface area contributed by atoms with Crippen LogP contribution < -0.4 is 0 Å². The average Bonchev–Trinajstić information content (AvgIpc) is 2.62. The maximum Gasteiger partial charge on any atom is 0.508 e. The molecule has 0 radical (unpaired) electrons. The summed E-state index contributed by atoms with van der Waals surface area (Å²) in [5, 5.41) is 9.77. The minimum atomic E-state index is -0.917. The highest BCUT2D eigenvalue weighted by Gasteiger charge is 2.44. The van der Waals surface area contributed by atoms with Gasteiger partial charge in [0.1, 0.15) is 24.9 Å². The van der Waals surface area contributed by atoms with Crippen molar-refractivity contribution in [2.75, 3.05) is 27.9 Å². The van der Waals surface area contributed by atoms with Crippen LogP contribution in [0, 0.1) is 0 Å². The van der Waals surface area contributed by atoms with Crippen molar-refractivity contribution in [3.05, 3.63) is 0 Å². The Hall–Kier alpha value is -0.890. The van der Waals surface area contributed by atoms with Crippen molar-refractivity contribution in [2.24, 2.45) is 0 Å². The second-order valence-electron chi connectivity index (χ2n) is 3.23. The van der Waals surface area contributed by atoms with Crippen LogP contribution in [0.15, 0.2) is 0 Å². The molecule has 0 spiro atoms. The van der Waals surface area contributed by atoms with Crippen LogP contribution in [0.25, 0.3) is 0 Å². The van der Waals surface area contributed by atoms with Gasteiger partial charge in [-0.05, 0) is 0 Å². The van der Waals surface area contributed by atoms with Gasteiger partial charge in [-0.1, -0.05) is 0 Å². The highest BCUT2D eigenvalue weighted by atomic mass is 16.7. The van der Waals surface area contributed by atoms with Crippen LogP contribution in [0.2, 0.25) is 0 Å². The van der Waals surface area contributed by atoms with Crippen LogP contribution in [0.3, 0.4) is 0 Å². The number of methoxy groups -OCH3 is 3. The predicted molar refractivity (Wildman–Crippen MR) is 50.8 cm³/mol. The van der Waals surface area contributed by atoms with E-state index in [0.29, 0.717) is 0 Å². The summed E-state index contributed by atoms with van der Waals surface area (Å²) in [4.78, 5) is 10.7. The molecule has 94 valence electrons. The van der Waals surface area contributed by atoms with Gasteiger partial charge in [-0.15, -0.1) is 0 Å². The Morgan fingerprint density at radius 2 is 2.00 bits per heavy atom. The summed E-state index contributed by atoms with van der Waals surface area (Å²) >= 11 is 0. The molecule has 7 nitrogen and oxygen atoms in total. The monoisotopic (exact) mass is 236 g/mol. The molecule has 1 saturated heterocycles. The van der Waals surface area contributed by atoms with Crippen LogP contribution in [0.5, 0.6) is 0 Å². The largest absolute Gasteiger partial charge is 0.508 e. The van der Waals surface area contributed by atoms with Gasteiger partial charge in [0.05, 0.1) is 7.11 Å². The molecule has 0 amide bonds. The lowest BCUT2D eigenvalue weighted by molar-refractivity contribution is -0.160. The first-order valence-corrected chi connectivity index (χ1v) is 4.74. The molecule has 4 atom stereocenters. The van der Waals surface area contributed by atoms with E-state index in [-0.39, 0.29) is 6.61 Å². The van der Waals surface area contributed by atoms with Gasteiger partial charge in [-0.3, -0.25) is 0 Å². The van der Waals surface area contributed by atoms with Gasteiger partial charge in [0.15, 0.2) is 6.29 Å². The van der Waals surface area contributed by atoms with E-state index in [1.54, 1.807) is 0 Å². The zero-order chi connectivity index (χ0) is 12.1. The van der Waals surface area contributed by atoms with Crippen molar-refractivity contribution in [2.45, 2.75) is 24.6 Å². The van der Waals surface area contributed by atoms with Crippen molar-refractivity contribution in [1.82, 2.24) is 0 Å². The van der Waals surface area contributed by atoms with E-state index in [1.165, 1.54) is 21.3 Å². The van der Waals surface area contributed by atoms with E-state index in [2.05, 4.69) is 9.47 Å². The van der Waals surface area contributed by atoms with Gasteiger partial charge in [0, 0.05) is 14.2 Å². The molecule has 1 rings (SSSR count). The quantitative estimate of drug-likeness (QED) is 0.660. The number of hydrogen-bond acceptors (Lipinski definition) is 7. The molecule has 1 heterocycles. The van der Waals surface area contributed by atoms with Crippen molar-refractivity contribution < 1.29 is 33.6 Å². The molecular formula is C9H16O7. The third-order valence-electron chi connectivity index (χ3n) is 2.33. The fraction of sp³-hybridized carbons (Fsp3) is 0.889. The number of aliphatic hydroxyl groups is 1. The molecule has 0 aromatic heterocycles. The van der Waals surface area contributed by atoms with Crippen LogP contribution in [-0.4, -0.2) is 63.8 Å². The lowest BCUT2D eigenvalue weighted by atomic mass is 10.1. The minimum absolute atomic E-state index is 0.117. The van der Waals surface area contributed by atoms with Crippen LogP contribution >= 0.6 is 0 Å². The maximum atomic E-state index is 10.7. The summed E-state index contributed by atoms with van der Waals surface area (Å²) in [6.07, 6.45) is -3.71. The normalized spacial score (nSPS) is 33.8. The number of hydrogen-bond donors (Lipinski definition) is 1. The zero-order valence-electron chi connectivity index (χ0n) is 9.41. The minimum Gasteiger partial charge on any atom is -0.438 e. The van der Waals surface area contributed by atoms with Gasteiger partial charge in [0.25, 0.3) is 0 Å². The molecule has 16 heavy (non-hydrogen) atoms. The SMILES string of the molecule is COC(=O)OC[C@H]1O[C@@H](OC)C(OC)[C@H]1O. The molecule has 1 N–H and O–H groups in total. The summed E-state index contributed by atoms with van der Waals surface area (Å²) < 4.78 is 24.2. The maximum absolute atomic E-state index is 10.7. The first kappa shape index (κ1) is 13.2. The van der Waals surface area contributed by atoms with Crippen molar-refractivity contribution in [1.29, 1.82) is 0 Å². The van der Waals surface area contributed by atoms with Crippen molar-refractivity contribution in [3.63, 3.8) is 0 Å². The zero-order valence-corrected chi connectivity index (χ0v) is 9.41. The standard InChI is InChI=1S/C9H16O7/c1-12-7-6(10)5(16-8(7)13-2)4-15-9(11)14-3/h5-8,10H,4H2,1-3H3/t5-,6+,7?,8-/m1/s1. The number of carbonyl (C=O) groups excluding carboxylic acids is 1. The van der Waals surface area contributed by atoms with Crippen molar-refractivity contribution in [3.8, 4) is 0 Å². The summed E-state index contributed by atoms with van der Waals surface area (Å²) in [6, 6.07) is 0. The van der Waals surface area contributed by atoms with Crippen LogP contribution in [0.4, 0.5) is 4.79 Å². The number of aliphatic hydroxyl groups excluding tert-OH is 1. The fourth-order valence-electron chi connectivity index (χ4n) is 1.49. The van der Waals surface area contributed by atoms with E-state index in [0.717, 1.165) is 0 Å². The van der Waals surface area contributed by atoms with Crippen LogP contribution in [0.1, 0.15) is 0 Å². The van der Waals surface area contributed by atoms with Gasteiger partial charge < -0.3 is 28.8 Å². The van der Waals surface area contributed by atoms with E-state index >= 15 is 0 Å². The van der Waals surface area contributed by atoms with Crippen LogP contribution in [-0.2, 0) is 23.7 Å². The lowest BCUT2D eigenvalue weighted by Crippen LogP contribution is -2.36. The number of carbonyl (C=O) groups is 1. The van der Waals surface area contributed by atoms with Gasteiger partial charge in [-0.2, -0.15) is 0 Å². The van der Waals surface area contributed by atoms with Gasteiger partial charge in [0.2, 0.25) is 0 Å². The molecule has 7 heteroatoms. The Bertz CT molecular complexity index is 232. The molecule has 1 fully saturated rings. The van der Waals surface area contributed by atoms with E-state index in [4.69, 9.17) is 14.2 Å². The molecule has 0 aromatic carbocycles. The third kappa shape index (κ3) is 2.82. The highest BCUT2D eigenvalue weighted by molar-refractivity contribution is 5.59. The second kappa shape index (κ2) is 6.00. The molecule has 0 aliphatic carbocycles. The molecular weight excluding hydrogens is 220 g/mol. The number of ether oxygens (including phenoxy) is 5. The smallest absolute Gasteiger partial charge is 0.438 e. The second-order valence-corrected chi connectivity index (χ2v) is 3.23. The molecule has 1 aliphatic heterocycles. The third-order valence-corrected chi connectivity index (χ3v) is 2.33. The highest BCUT2D eigenvalue weighted by Crippen LogP contribution is 2.24. The average molecular weight is 236 g/mol. The molecule has 1 unspecified atom stereocenters. The summed E-state index contributed by atoms with van der Waals surface area (Å²) in [5.41, 5.74) is 0. The Morgan fingerprint density at radius 1 is 1.31 bits per heavy atom. The van der Waals surface area contributed by atoms with Crippen molar-refractivity contribution >= 4 is 6.16 Å². The topological polar surface area (TPSA) is 83.5 Å². The Morgan fingerprint density at radius 3 is 2.44 bits per heavy atom. The van der Waals surface area contributed by atoms with E-state index in [1.807, 2.05) is 0 Å². The Balaban J connectivity index is 2.47. The summed E-state index contributed by atoms with van der Waals surface area (Å²) in [6.45, 7) is -0.117. The molecule has 1 aliphatic rings. The first-order valence-electron chi connectivity index (χ1n) is 4.74.